The third-order valence-electron chi connectivity index (χ3n) is 3.96. The molecule has 1 aliphatic rings. The van der Waals surface area contributed by atoms with Crippen molar-refractivity contribution in [2.75, 3.05) is 23.6 Å². The van der Waals surface area contributed by atoms with Gasteiger partial charge in [0, 0.05) is 13.1 Å². The van der Waals surface area contributed by atoms with Gasteiger partial charge in [-0.3, -0.25) is 9.52 Å². The van der Waals surface area contributed by atoms with E-state index in [2.05, 4.69) is 11.6 Å². The molecule has 2 rings (SSSR count). The van der Waals surface area contributed by atoms with E-state index >= 15 is 0 Å². The summed E-state index contributed by atoms with van der Waals surface area (Å²) in [6, 6.07) is 5.24. The van der Waals surface area contributed by atoms with Gasteiger partial charge in [-0.05, 0) is 37.0 Å². The fourth-order valence-electron chi connectivity index (χ4n) is 2.87. The number of carbonyl (C=O) groups excluding carboxylic acids is 1. The zero-order valence-electron chi connectivity index (χ0n) is 13.5. The predicted octanol–water partition coefficient (Wildman–Crippen LogP) is 2.46. The van der Waals surface area contributed by atoms with Gasteiger partial charge in [0.25, 0.3) is 0 Å². The first-order valence-corrected chi connectivity index (χ1v) is 9.47. The predicted molar refractivity (Wildman–Crippen MR) is 88.0 cm³/mol. The molecule has 7 heteroatoms. The van der Waals surface area contributed by atoms with Crippen LogP contribution in [0.25, 0.3) is 0 Å². The maximum atomic E-state index is 13.1. The fraction of sp³-hybridized carbons (Fsp3) is 0.562. The van der Waals surface area contributed by atoms with Crippen LogP contribution in [-0.2, 0) is 14.8 Å². The van der Waals surface area contributed by atoms with Crippen molar-refractivity contribution in [1.29, 1.82) is 0 Å². The molecule has 0 radical (unpaired) electrons. The summed E-state index contributed by atoms with van der Waals surface area (Å²) >= 11 is 0. The van der Waals surface area contributed by atoms with Crippen molar-refractivity contribution in [2.45, 2.75) is 26.7 Å². The van der Waals surface area contributed by atoms with Gasteiger partial charge in [-0.1, -0.05) is 19.9 Å². The van der Waals surface area contributed by atoms with Crippen LogP contribution in [0.15, 0.2) is 24.3 Å². The molecule has 1 aromatic rings. The molecule has 1 N–H and O–H groups in total. The number of carbonyl (C=O) groups is 1. The lowest BCUT2D eigenvalue weighted by atomic mass is 9.99. The minimum atomic E-state index is -3.71. The number of rotatable bonds is 5. The van der Waals surface area contributed by atoms with Gasteiger partial charge < -0.3 is 4.90 Å². The third-order valence-corrected chi connectivity index (χ3v) is 5.44. The number of sulfonamides is 1. The molecular weight excluding hydrogens is 319 g/mol. The van der Waals surface area contributed by atoms with Crippen LogP contribution in [0.4, 0.5) is 10.1 Å². The number of nitrogens with zero attached hydrogens (tertiary/aromatic N) is 1. The second-order valence-electron chi connectivity index (χ2n) is 6.33. The number of piperidine rings is 1. The van der Waals surface area contributed by atoms with Crippen LogP contribution in [0.3, 0.4) is 0 Å². The Kier molecular flexibility index (Phi) is 5.62. The Balaban J connectivity index is 1.97. The van der Waals surface area contributed by atoms with E-state index in [1.54, 1.807) is 11.8 Å². The van der Waals surface area contributed by atoms with E-state index < -0.39 is 21.8 Å². The van der Waals surface area contributed by atoms with Gasteiger partial charge in [-0.2, -0.15) is 0 Å². The molecule has 0 saturated carbocycles. The Morgan fingerprint density at radius 2 is 2.22 bits per heavy atom. The Bertz CT molecular complexity index is 663. The fourth-order valence-corrected chi connectivity index (χ4v) is 4.25. The molecule has 0 bridgehead atoms. The Morgan fingerprint density at radius 3 is 2.87 bits per heavy atom. The topological polar surface area (TPSA) is 66.5 Å². The van der Waals surface area contributed by atoms with E-state index in [-0.39, 0.29) is 17.3 Å². The molecule has 2 atom stereocenters. The number of nitrogens with one attached hydrogen (secondary N) is 1. The van der Waals surface area contributed by atoms with Crippen LogP contribution in [0.2, 0.25) is 0 Å². The number of halogens is 1. The highest BCUT2D eigenvalue weighted by atomic mass is 32.2. The smallest absolute Gasteiger partial charge is 0.233 e. The molecule has 0 spiro atoms. The number of likely N-dealkylation sites (tertiary alicyclic amines) is 1. The number of anilines is 1. The number of hydrogen-bond donors (Lipinski definition) is 1. The standard InChI is InChI=1S/C16H23FN2O3S/c1-12-5-4-8-19(10-12)16(20)13(2)11-23(21,22)18-15-7-3-6-14(17)9-15/h3,6-7,9,12-13,18H,4-5,8,10-11H2,1-2H3. The first-order chi connectivity index (χ1) is 10.8. The van der Waals surface area contributed by atoms with E-state index in [1.165, 1.54) is 18.2 Å². The van der Waals surface area contributed by atoms with Crippen molar-refractivity contribution >= 4 is 21.6 Å². The van der Waals surface area contributed by atoms with E-state index in [0.29, 0.717) is 19.0 Å². The first kappa shape index (κ1) is 17.7. The average molecular weight is 342 g/mol. The third kappa shape index (κ3) is 5.20. The maximum absolute atomic E-state index is 13.1. The molecule has 1 amide bonds. The molecule has 1 fully saturated rings. The van der Waals surface area contributed by atoms with E-state index in [9.17, 15) is 17.6 Å². The molecule has 1 saturated heterocycles. The summed E-state index contributed by atoms with van der Waals surface area (Å²) in [6.07, 6.45) is 2.05. The van der Waals surface area contributed by atoms with Crippen LogP contribution in [0, 0.1) is 17.7 Å². The van der Waals surface area contributed by atoms with Gasteiger partial charge in [-0.25, -0.2) is 12.8 Å². The molecule has 1 heterocycles. The number of amides is 1. The van der Waals surface area contributed by atoms with Crippen LogP contribution >= 0.6 is 0 Å². The van der Waals surface area contributed by atoms with Crippen molar-refractivity contribution < 1.29 is 17.6 Å². The summed E-state index contributed by atoms with van der Waals surface area (Å²) < 4.78 is 39.8. The monoisotopic (exact) mass is 342 g/mol. The molecule has 0 aromatic heterocycles. The molecule has 23 heavy (non-hydrogen) atoms. The summed E-state index contributed by atoms with van der Waals surface area (Å²) in [5.74, 6) is -1.15. The molecule has 1 aliphatic heterocycles. The van der Waals surface area contributed by atoms with Crippen molar-refractivity contribution in [3.8, 4) is 0 Å². The highest BCUT2D eigenvalue weighted by Crippen LogP contribution is 2.19. The highest BCUT2D eigenvalue weighted by Gasteiger charge is 2.28. The molecule has 128 valence electrons. The second kappa shape index (κ2) is 7.29. The minimum Gasteiger partial charge on any atom is -0.342 e. The zero-order valence-corrected chi connectivity index (χ0v) is 14.3. The van der Waals surface area contributed by atoms with E-state index in [1.807, 2.05) is 0 Å². The van der Waals surface area contributed by atoms with Gasteiger partial charge >= 0.3 is 0 Å². The lowest BCUT2D eigenvalue weighted by Gasteiger charge is -2.32. The van der Waals surface area contributed by atoms with Gasteiger partial charge in [0.15, 0.2) is 0 Å². The van der Waals surface area contributed by atoms with Crippen molar-refractivity contribution in [3.63, 3.8) is 0 Å². The quantitative estimate of drug-likeness (QED) is 0.894. The molecule has 1 aromatic carbocycles. The average Bonchev–Trinajstić information content (AvgIpc) is 2.45. The van der Waals surface area contributed by atoms with Crippen LogP contribution in [-0.4, -0.2) is 38.1 Å². The van der Waals surface area contributed by atoms with E-state index in [4.69, 9.17) is 0 Å². The van der Waals surface area contributed by atoms with Crippen molar-refractivity contribution in [2.24, 2.45) is 11.8 Å². The summed E-state index contributed by atoms with van der Waals surface area (Å²) in [4.78, 5) is 14.1. The van der Waals surface area contributed by atoms with Crippen LogP contribution in [0.5, 0.6) is 0 Å². The SMILES string of the molecule is CC1CCCN(C(=O)C(C)CS(=O)(=O)Nc2cccc(F)c2)C1. The molecular formula is C16H23FN2O3S. The lowest BCUT2D eigenvalue weighted by Crippen LogP contribution is -2.43. The van der Waals surface area contributed by atoms with Crippen molar-refractivity contribution in [3.05, 3.63) is 30.1 Å². The summed E-state index contributed by atoms with van der Waals surface area (Å²) in [7, 11) is -3.71. The second-order valence-corrected chi connectivity index (χ2v) is 8.09. The number of hydrogen-bond acceptors (Lipinski definition) is 3. The zero-order chi connectivity index (χ0) is 17.0. The van der Waals surface area contributed by atoms with Gasteiger partial charge in [0.2, 0.25) is 15.9 Å². The number of benzene rings is 1. The summed E-state index contributed by atoms with van der Waals surface area (Å²) in [6.45, 7) is 5.07. The summed E-state index contributed by atoms with van der Waals surface area (Å²) in [5.41, 5.74) is 0.163. The van der Waals surface area contributed by atoms with Gasteiger partial charge in [0.05, 0.1) is 17.4 Å². The Morgan fingerprint density at radius 1 is 1.48 bits per heavy atom. The first-order valence-electron chi connectivity index (χ1n) is 7.81. The van der Waals surface area contributed by atoms with Crippen LogP contribution < -0.4 is 4.72 Å². The van der Waals surface area contributed by atoms with Crippen LogP contribution in [0.1, 0.15) is 26.7 Å². The lowest BCUT2D eigenvalue weighted by molar-refractivity contribution is -0.136. The largest absolute Gasteiger partial charge is 0.342 e. The molecule has 2 unspecified atom stereocenters. The Hall–Kier alpha value is -1.63. The Labute approximate surface area is 136 Å². The highest BCUT2D eigenvalue weighted by molar-refractivity contribution is 7.92. The summed E-state index contributed by atoms with van der Waals surface area (Å²) in [5, 5.41) is 0. The molecule has 5 nitrogen and oxygen atoms in total. The normalized spacial score (nSPS) is 20.1. The van der Waals surface area contributed by atoms with Gasteiger partial charge in [-0.15, -0.1) is 0 Å². The van der Waals surface area contributed by atoms with Crippen molar-refractivity contribution in [1.82, 2.24) is 4.90 Å². The van der Waals surface area contributed by atoms with E-state index in [0.717, 1.165) is 18.9 Å². The molecule has 0 aliphatic carbocycles. The maximum Gasteiger partial charge on any atom is 0.233 e. The van der Waals surface area contributed by atoms with Gasteiger partial charge in [0.1, 0.15) is 5.82 Å². The minimum absolute atomic E-state index is 0.138.